The van der Waals surface area contributed by atoms with Crippen molar-refractivity contribution >= 4 is 7.82 Å². The van der Waals surface area contributed by atoms with E-state index in [9.17, 15) is 4.57 Å². The first-order chi connectivity index (χ1) is 3.68. The Morgan fingerprint density at radius 1 is 1.00 bits per heavy atom. The molecule has 0 rings (SSSR count). The molecule has 3 N–H and O–H groups in total. The van der Waals surface area contributed by atoms with Crippen LogP contribution in [0.25, 0.3) is 0 Å². The van der Waals surface area contributed by atoms with E-state index in [1.807, 2.05) is 0 Å². The van der Waals surface area contributed by atoms with Gasteiger partial charge < -0.3 is 0 Å². The zero-order valence-corrected chi connectivity index (χ0v) is 4.32. The molecule has 8 heteroatoms. The summed E-state index contributed by atoms with van der Waals surface area (Å²) >= 11 is 0. The maximum absolute atomic E-state index is 9.90. The molecule has 0 unspecified atom stereocenters. The van der Waals surface area contributed by atoms with Crippen LogP contribution in [0.5, 0.6) is 0 Å². The highest BCUT2D eigenvalue weighted by molar-refractivity contribution is 7.47. The average Bonchev–Trinajstić information content (AvgIpc) is 1.87. The van der Waals surface area contributed by atoms with E-state index in [1.54, 1.807) is 0 Å². The highest BCUT2D eigenvalue weighted by atomic mass is 31.2. The highest BCUT2D eigenvalue weighted by Gasteiger charge is 2.27. The van der Waals surface area contributed by atoms with Gasteiger partial charge in [-0.2, -0.15) is 0 Å². The van der Waals surface area contributed by atoms with Gasteiger partial charge in [0.15, 0.2) is 0 Å². The Morgan fingerprint density at radius 2 is 1.25 bits per heavy atom. The van der Waals surface area contributed by atoms with Crippen LogP contribution < -0.4 is 0 Å². The van der Waals surface area contributed by atoms with E-state index in [1.165, 1.54) is 0 Å². The van der Waals surface area contributed by atoms with Crippen molar-refractivity contribution < 1.29 is 34.4 Å². The van der Waals surface area contributed by atoms with Crippen molar-refractivity contribution in [3.63, 3.8) is 0 Å². The van der Waals surface area contributed by atoms with Gasteiger partial charge >= 0.3 is 7.82 Å². The molecule has 7 nitrogen and oxygen atoms in total. The zero-order valence-electron chi connectivity index (χ0n) is 3.42. The summed E-state index contributed by atoms with van der Waals surface area (Å²) in [4.78, 5) is 0. The van der Waals surface area contributed by atoms with Crippen molar-refractivity contribution in [1.29, 1.82) is 0 Å². The van der Waals surface area contributed by atoms with Gasteiger partial charge in [0.1, 0.15) is 0 Å². The molecule has 0 saturated heterocycles. The smallest absolute Gasteiger partial charge is 0.241 e. The van der Waals surface area contributed by atoms with Crippen LogP contribution in [-0.4, -0.2) is 15.8 Å². The van der Waals surface area contributed by atoms with Crippen molar-refractivity contribution in [2.45, 2.75) is 0 Å². The number of hydrogen-bond acceptors (Lipinski definition) is 7. The number of rotatable bonds is 3. The maximum Gasteiger partial charge on any atom is 0.556 e. The Bertz CT molecular complexity index is 75.5. The van der Waals surface area contributed by atoms with E-state index in [0.29, 0.717) is 0 Å². The SMILES string of the molecule is O=P(OO)(OO)OO. The standard InChI is InChI=1S/H3O7P/c1-5-8(4,6-2)7-3/h1-3H. The first kappa shape index (κ1) is 7.99. The Morgan fingerprint density at radius 3 is 1.25 bits per heavy atom. The molecule has 0 aliphatic rings. The summed E-state index contributed by atoms with van der Waals surface area (Å²) in [5, 5.41) is 22.4. The molecule has 0 atom stereocenters. The summed E-state index contributed by atoms with van der Waals surface area (Å²) in [5.41, 5.74) is 0. The molecular weight excluding hydrogens is 143 g/mol. The summed E-state index contributed by atoms with van der Waals surface area (Å²) in [6.45, 7) is 0. The predicted molar refractivity (Wildman–Crippen MR) is 18.7 cm³/mol. The summed E-state index contributed by atoms with van der Waals surface area (Å²) in [7, 11) is -4.50. The normalized spacial score (nSPS) is 11.9. The third kappa shape index (κ3) is 1.85. The van der Waals surface area contributed by atoms with Crippen LogP contribution in [-0.2, 0) is 18.6 Å². The van der Waals surface area contributed by atoms with Crippen LogP contribution in [0.4, 0.5) is 0 Å². The molecule has 0 aromatic rings. The van der Waals surface area contributed by atoms with Crippen molar-refractivity contribution in [1.82, 2.24) is 0 Å². The van der Waals surface area contributed by atoms with E-state index < -0.39 is 7.82 Å². The van der Waals surface area contributed by atoms with E-state index in [0.717, 1.165) is 0 Å². The average molecular weight is 146 g/mol. The third-order valence-corrected chi connectivity index (χ3v) is 0.900. The molecule has 0 heterocycles. The van der Waals surface area contributed by atoms with Gasteiger partial charge in [0.25, 0.3) is 0 Å². The molecule has 0 aromatic carbocycles. The minimum atomic E-state index is -4.50. The van der Waals surface area contributed by atoms with Gasteiger partial charge in [-0.3, -0.25) is 0 Å². The van der Waals surface area contributed by atoms with Crippen molar-refractivity contribution in [3.05, 3.63) is 0 Å². The van der Waals surface area contributed by atoms with Crippen LogP contribution in [0.1, 0.15) is 0 Å². The summed E-state index contributed by atoms with van der Waals surface area (Å²) < 4.78 is 18.4. The van der Waals surface area contributed by atoms with Crippen molar-refractivity contribution in [3.8, 4) is 0 Å². The Hall–Kier alpha value is -0.0100. The van der Waals surface area contributed by atoms with Crippen molar-refractivity contribution in [2.75, 3.05) is 0 Å². The van der Waals surface area contributed by atoms with Gasteiger partial charge in [-0.1, -0.05) is 0 Å². The second-order valence-electron chi connectivity index (χ2n) is 0.692. The minimum Gasteiger partial charge on any atom is -0.241 e. The molecule has 0 radical (unpaired) electrons. The molecule has 0 amide bonds. The molecule has 50 valence electrons. The lowest BCUT2D eigenvalue weighted by Gasteiger charge is -2.01. The first-order valence-electron chi connectivity index (χ1n) is 1.28. The molecule has 8 heavy (non-hydrogen) atoms. The molecule has 0 aliphatic heterocycles. The minimum absolute atomic E-state index is 2.85. The Balaban J connectivity index is 3.79. The Labute approximate surface area is 43.4 Å². The Kier molecular flexibility index (Phi) is 3.10. The fraction of sp³-hybridized carbons (Fsp3) is 0. The van der Waals surface area contributed by atoms with Gasteiger partial charge in [-0.15, -0.1) is 14.0 Å². The van der Waals surface area contributed by atoms with Crippen LogP contribution in [0.2, 0.25) is 0 Å². The van der Waals surface area contributed by atoms with Gasteiger partial charge in [0.2, 0.25) is 0 Å². The monoisotopic (exact) mass is 146 g/mol. The fourth-order valence-corrected chi connectivity index (χ4v) is 0.134. The predicted octanol–water partition coefficient (Wildman–Crippen LogP) is 0.563. The van der Waals surface area contributed by atoms with Crippen LogP contribution in [0.15, 0.2) is 0 Å². The van der Waals surface area contributed by atoms with Crippen molar-refractivity contribution in [2.24, 2.45) is 0 Å². The molecular formula is H3O7P. The molecule has 0 aromatic heterocycles. The fourth-order valence-electron chi connectivity index (χ4n) is 0.0447. The number of hydrogen-bond donors (Lipinski definition) is 3. The largest absolute Gasteiger partial charge is 0.556 e. The lowest BCUT2D eigenvalue weighted by atomic mass is 14.9. The lowest BCUT2D eigenvalue weighted by Crippen LogP contribution is -1.90. The van der Waals surface area contributed by atoms with Crippen LogP contribution >= 0.6 is 7.82 Å². The second kappa shape index (κ2) is 3.10. The number of phosphoric acid groups is 1. The van der Waals surface area contributed by atoms with E-state index in [2.05, 4.69) is 14.0 Å². The summed E-state index contributed by atoms with van der Waals surface area (Å²) in [6, 6.07) is 0. The second-order valence-corrected chi connectivity index (χ2v) is 2.08. The van der Waals surface area contributed by atoms with Gasteiger partial charge in [-0.25, -0.2) is 20.3 Å². The topological polar surface area (TPSA) is 105 Å². The van der Waals surface area contributed by atoms with Gasteiger partial charge in [0, 0.05) is 0 Å². The molecule has 0 bridgehead atoms. The maximum atomic E-state index is 9.90. The molecule has 0 aliphatic carbocycles. The molecule has 0 spiro atoms. The summed E-state index contributed by atoms with van der Waals surface area (Å²) in [6.07, 6.45) is 0. The van der Waals surface area contributed by atoms with E-state index >= 15 is 0 Å². The lowest BCUT2D eigenvalue weighted by molar-refractivity contribution is -0.274. The summed E-state index contributed by atoms with van der Waals surface area (Å²) in [5.74, 6) is 0. The van der Waals surface area contributed by atoms with E-state index in [4.69, 9.17) is 15.8 Å². The molecule has 0 fully saturated rings. The van der Waals surface area contributed by atoms with E-state index in [-0.39, 0.29) is 0 Å². The third-order valence-electron chi connectivity index (χ3n) is 0.300. The first-order valence-corrected chi connectivity index (χ1v) is 2.74. The van der Waals surface area contributed by atoms with Gasteiger partial charge in [-0.05, 0) is 0 Å². The van der Waals surface area contributed by atoms with Crippen LogP contribution in [0.3, 0.4) is 0 Å². The van der Waals surface area contributed by atoms with Gasteiger partial charge in [0.05, 0.1) is 0 Å². The molecule has 0 saturated carbocycles. The van der Waals surface area contributed by atoms with Crippen LogP contribution in [0, 0.1) is 0 Å². The zero-order chi connectivity index (χ0) is 6.62. The highest BCUT2D eigenvalue weighted by Crippen LogP contribution is 2.45. The quantitative estimate of drug-likeness (QED) is 0.303.